The minimum absolute atomic E-state index is 0.189. The van der Waals surface area contributed by atoms with Crippen molar-refractivity contribution in [2.45, 2.75) is 65.2 Å². The molecule has 0 amide bonds. The first-order chi connectivity index (χ1) is 7.57. The Morgan fingerprint density at radius 3 is 2.44 bits per heavy atom. The third-order valence-electron chi connectivity index (χ3n) is 3.76. The fourth-order valence-electron chi connectivity index (χ4n) is 2.11. The maximum absolute atomic E-state index is 4.78. The lowest BCUT2D eigenvalue weighted by Crippen LogP contribution is -2.34. The monoisotopic (exact) mass is 220 g/mol. The zero-order valence-corrected chi connectivity index (χ0v) is 11.5. The number of hydrogen-bond acceptors (Lipinski definition) is 1. The van der Waals surface area contributed by atoms with Crippen LogP contribution in [0.4, 0.5) is 0 Å². The SMILES string of the molecule is BC(CC)(CC)n1nc(CCCC)cc1C. The highest BCUT2D eigenvalue weighted by atomic mass is 15.3. The molecule has 1 aromatic rings. The minimum Gasteiger partial charge on any atom is -0.272 e. The number of aromatic nitrogens is 2. The third-order valence-corrected chi connectivity index (χ3v) is 3.76. The molecule has 0 saturated heterocycles. The van der Waals surface area contributed by atoms with Gasteiger partial charge in [0, 0.05) is 11.1 Å². The van der Waals surface area contributed by atoms with Crippen LogP contribution in [-0.2, 0) is 11.9 Å². The van der Waals surface area contributed by atoms with E-state index >= 15 is 0 Å². The molecule has 0 unspecified atom stereocenters. The normalized spacial score (nSPS) is 12.0. The zero-order valence-electron chi connectivity index (χ0n) is 11.5. The second-order valence-electron chi connectivity index (χ2n) is 5.00. The highest BCUT2D eigenvalue weighted by molar-refractivity contribution is 6.13. The van der Waals surface area contributed by atoms with Gasteiger partial charge in [-0.15, -0.1) is 0 Å². The third kappa shape index (κ3) is 2.69. The van der Waals surface area contributed by atoms with Crippen molar-refractivity contribution < 1.29 is 0 Å². The Morgan fingerprint density at radius 1 is 1.31 bits per heavy atom. The molecule has 0 aliphatic carbocycles. The molecule has 0 bridgehead atoms. The van der Waals surface area contributed by atoms with E-state index in [0.29, 0.717) is 0 Å². The standard InChI is InChI=1S/C13H25BN2/c1-5-8-9-12-10-11(4)16(15-12)13(14,6-2)7-3/h10H,5-9,14H2,1-4H3. The minimum atomic E-state index is 0.189. The predicted octanol–water partition coefficient (Wildman–Crippen LogP) is 2.64. The van der Waals surface area contributed by atoms with Crippen LogP contribution in [-0.4, -0.2) is 17.6 Å². The van der Waals surface area contributed by atoms with E-state index in [9.17, 15) is 0 Å². The molecule has 0 aliphatic heterocycles. The van der Waals surface area contributed by atoms with Crippen molar-refractivity contribution >= 4 is 7.85 Å². The zero-order chi connectivity index (χ0) is 12.2. The van der Waals surface area contributed by atoms with E-state index in [0.717, 1.165) is 19.3 Å². The van der Waals surface area contributed by atoms with E-state index in [1.807, 2.05) is 0 Å². The van der Waals surface area contributed by atoms with E-state index < -0.39 is 0 Å². The lowest BCUT2D eigenvalue weighted by Gasteiger charge is -2.29. The summed E-state index contributed by atoms with van der Waals surface area (Å²) in [6.45, 7) is 8.89. The van der Waals surface area contributed by atoms with Gasteiger partial charge in [0.05, 0.1) is 5.69 Å². The van der Waals surface area contributed by atoms with E-state index in [1.165, 1.54) is 24.2 Å². The summed E-state index contributed by atoms with van der Waals surface area (Å²) in [5.74, 6) is 0. The highest BCUT2D eigenvalue weighted by Crippen LogP contribution is 2.23. The van der Waals surface area contributed by atoms with Crippen molar-refractivity contribution in [3.63, 3.8) is 0 Å². The van der Waals surface area contributed by atoms with E-state index in [2.05, 4.69) is 46.3 Å². The smallest absolute Gasteiger partial charge is 0.137 e. The molecule has 16 heavy (non-hydrogen) atoms. The van der Waals surface area contributed by atoms with Gasteiger partial charge in [-0.05, 0) is 38.7 Å². The summed E-state index contributed by atoms with van der Waals surface area (Å²) in [5, 5.41) is 4.78. The average molecular weight is 220 g/mol. The van der Waals surface area contributed by atoms with Gasteiger partial charge in [-0.1, -0.05) is 27.2 Å². The molecular formula is C13H25BN2. The van der Waals surface area contributed by atoms with Crippen LogP contribution in [0, 0.1) is 6.92 Å². The number of rotatable bonds is 6. The summed E-state index contributed by atoms with van der Waals surface area (Å²) in [5.41, 5.74) is 2.75. The van der Waals surface area contributed by atoms with Crippen molar-refractivity contribution in [1.82, 2.24) is 9.78 Å². The van der Waals surface area contributed by atoms with Gasteiger partial charge >= 0.3 is 0 Å². The van der Waals surface area contributed by atoms with Gasteiger partial charge in [0.1, 0.15) is 7.85 Å². The van der Waals surface area contributed by atoms with Crippen LogP contribution in [0.2, 0.25) is 0 Å². The van der Waals surface area contributed by atoms with E-state index in [-0.39, 0.29) is 5.44 Å². The molecule has 0 spiro atoms. The molecule has 0 radical (unpaired) electrons. The largest absolute Gasteiger partial charge is 0.272 e. The fraction of sp³-hybridized carbons (Fsp3) is 0.769. The summed E-state index contributed by atoms with van der Waals surface area (Å²) in [6.07, 6.45) is 5.88. The maximum atomic E-state index is 4.78. The van der Waals surface area contributed by atoms with Gasteiger partial charge in [0.2, 0.25) is 0 Å². The van der Waals surface area contributed by atoms with Gasteiger partial charge in [-0.25, -0.2) is 0 Å². The molecule has 0 fully saturated rings. The molecule has 3 heteroatoms. The van der Waals surface area contributed by atoms with Crippen molar-refractivity contribution in [3.05, 3.63) is 17.5 Å². The lowest BCUT2D eigenvalue weighted by molar-refractivity contribution is 0.354. The van der Waals surface area contributed by atoms with Crippen molar-refractivity contribution in [1.29, 1.82) is 0 Å². The Balaban J connectivity index is 2.92. The molecule has 0 aromatic carbocycles. The van der Waals surface area contributed by atoms with Crippen LogP contribution in [0.15, 0.2) is 6.07 Å². The maximum Gasteiger partial charge on any atom is 0.137 e. The summed E-state index contributed by atoms with van der Waals surface area (Å²) < 4.78 is 2.23. The Morgan fingerprint density at radius 2 is 1.94 bits per heavy atom. The number of nitrogens with zero attached hydrogens (tertiary/aromatic N) is 2. The summed E-state index contributed by atoms with van der Waals surface area (Å²) in [6, 6.07) is 2.25. The molecule has 0 saturated carbocycles. The Labute approximate surface area is 101 Å². The van der Waals surface area contributed by atoms with E-state index in [4.69, 9.17) is 5.10 Å². The Hall–Kier alpha value is -0.725. The van der Waals surface area contributed by atoms with Crippen LogP contribution >= 0.6 is 0 Å². The quantitative estimate of drug-likeness (QED) is 0.674. The van der Waals surface area contributed by atoms with Crippen LogP contribution < -0.4 is 0 Å². The number of hydrogen-bond donors (Lipinski definition) is 0. The van der Waals surface area contributed by atoms with Crippen molar-refractivity contribution in [3.8, 4) is 0 Å². The molecule has 0 aliphatic rings. The number of aryl methyl sites for hydroxylation is 2. The van der Waals surface area contributed by atoms with Crippen molar-refractivity contribution in [2.24, 2.45) is 0 Å². The topological polar surface area (TPSA) is 17.8 Å². The van der Waals surface area contributed by atoms with Crippen LogP contribution in [0.1, 0.15) is 57.8 Å². The molecule has 0 N–H and O–H groups in total. The molecule has 1 rings (SSSR count). The van der Waals surface area contributed by atoms with Crippen molar-refractivity contribution in [2.75, 3.05) is 0 Å². The van der Waals surface area contributed by atoms with Crippen LogP contribution in [0.25, 0.3) is 0 Å². The molecule has 1 aromatic heterocycles. The predicted molar refractivity (Wildman–Crippen MR) is 72.7 cm³/mol. The average Bonchev–Trinajstić information content (AvgIpc) is 2.67. The van der Waals surface area contributed by atoms with E-state index in [1.54, 1.807) is 0 Å². The molecular weight excluding hydrogens is 195 g/mol. The van der Waals surface area contributed by atoms with Crippen LogP contribution in [0.5, 0.6) is 0 Å². The lowest BCUT2D eigenvalue weighted by atomic mass is 9.73. The second kappa shape index (κ2) is 5.56. The first-order valence-electron chi connectivity index (χ1n) is 6.63. The first-order valence-corrected chi connectivity index (χ1v) is 6.63. The number of unbranched alkanes of at least 4 members (excludes halogenated alkanes) is 1. The molecule has 1 heterocycles. The van der Waals surface area contributed by atoms with Gasteiger partial charge in [-0.3, -0.25) is 4.68 Å². The fourth-order valence-corrected chi connectivity index (χ4v) is 2.11. The van der Waals surface area contributed by atoms with Gasteiger partial charge in [0.15, 0.2) is 0 Å². The molecule has 90 valence electrons. The van der Waals surface area contributed by atoms with Gasteiger partial charge in [0.25, 0.3) is 0 Å². The highest BCUT2D eigenvalue weighted by Gasteiger charge is 2.24. The Bertz CT molecular complexity index is 327. The second-order valence-corrected chi connectivity index (χ2v) is 5.00. The molecule has 2 nitrogen and oxygen atoms in total. The first kappa shape index (κ1) is 13.3. The van der Waals surface area contributed by atoms with Gasteiger partial charge < -0.3 is 0 Å². The summed E-state index contributed by atoms with van der Waals surface area (Å²) in [4.78, 5) is 0. The Kier molecular flexibility index (Phi) is 4.63. The summed E-state index contributed by atoms with van der Waals surface area (Å²) >= 11 is 0. The van der Waals surface area contributed by atoms with Gasteiger partial charge in [-0.2, -0.15) is 5.10 Å². The molecule has 0 atom stereocenters. The summed E-state index contributed by atoms with van der Waals surface area (Å²) in [7, 11) is 2.30. The van der Waals surface area contributed by atoms with Crippen LogP contribution in [0.3, 0.4) is 0 Å².